The standard InChI is InChI=1S/C18H19N3O4/c22-16(14-7-4-9-19-14)20-13-6-3-5-12(11-13)17(23)21-10-2-1-8-15(21)18(24)25/h3-7,9,11,15,19H,1-2,8,10H2,(H,20,22)(H,24,25). The Morgan fingerprint density at radius 3 is 2.72 bits per heavy atom. The second-order valence-electron chi connectivity index (χ2n) is 5.97. The van der Waals surface area contributed by atoms with Gasteiger partial charge in [-0.05, 0) is 49.6 Å². The number of nitrogens with one attached hydrogen (secondary N) is 2. The SMILES string of the molecule is O=C(Nc1cccc(C(=O)N2CCCCC2C(=O)O)c1)c1ccc[nH]1. The second-order valence-corrected chi connectivity index (χ2v) is 5.97. The highest BCUT2D eigenvalue weighted by Crippen LogP contribution is 2.21. The number of carboxylic acid groups (broad SMARTS) is 1. The Bertz CT molecular complexity index is 785. The summed E-state index contributed by atoms with van der Waals surface area (Å²) in [5, 5.41) is 12.0. The Labute approximate surface area is 144 Å². The van der Waals surface area contributed by atoms with Gasteiger partial charge in [0, 0.05) is 24.0 Å². The molecule has 0 spiro atoms. The molecule has 1 aliphatic rings. The van der Waals surface area contributed by atoms with Gasteiger partial charge in [-0.15, -0.1) is 0 Å². The minimum Gasteiger partial charge on any atom is -0.480 e. The summed E-state index contributed by atoms with van der Waals surface area (Å²) in [7, 11) is 0. The van der Waals surface area contributed by atoms with Gasteiger partial charge in [0.05, 0.1) is 0 Å². The molecular weight excluding hydrogens is 322 g/mol. The average Bonchev–Trinajstić information content (AvgIpc) is 3.16. The van der Waals surface area contributed by atoms with Gasteiger partial charge in [0.1, 0.15) is 11.7 Å². The van der Waals surface area contributed by atoms with Crippen molar-refractivity contribution in [3.05, 3.63) is 53.9 Å². The highest BCUT2D eigenvalue weighted by molar-refractivity contribution is 6.04. The molecule has 3 rings (SSSR count). The highest BCUT2D eigenvalue weighted by Gasteiger charge is 2.32. The molecule has 1 aliphatic heterocycles. The first-order valence-electron chi connectivity index (χ1n) is 8.15. The lowest BCUT2D eigenvalue weighted by Crippen LogP contribution is -2.48. The van der Waals surface area contributed by atoms with E-state index in [1.807, 2.05) is 0 Å². The molecule has 25 heavy (non-hydrogen) atoms. The van der Waals surface area contributed by atoms with Gasteiger partial charge in [-0.2, -0.15) is 0 Å². The maximum atomic E-state index is 12.7. The molecule has 7 nitrogen and oxygen atoms in total. The monoisotopic (exact) mass is 341 g/mol. The summed E-state index contributed by atoms with van der Waals surface area (Å²) in [5.74, 6) is -1.62. The number of hydrogen-bond acceptors (Lipinski definition) is 3. The van der Waals surface area contributed by atoms with E-state index in [1.165, 1.54) is 4.90 Å². The first-order chi connectivity index (χ1) is 12.1. The lowest BCUT2D eigenvalue weighted by Gasteiger charge is -2.33. The first kappa shape index (κ1) is 16.8. The zero-order chi connectivity index (χ0) is 17.8. The molecule has 3 N–H and O–H groups in total. The number of carbonyl (C=O) groups is 3. The zero-order valence-corrected chi connectivity index (χ0v) is 13.6. The number of H-pyrrole nitrogens is 1. The van der Waals surface area contributed by atoms with Crippen molar-refractivity contribution >= 4 is 23.5 Å². The minimum atomic E-state index is -0.982. The largest absolute Gasteiger partial charge is 0.480 e. The van der Waals surface area contributed by atoms with Crippen LogP contribution in [0.2, 0.25) is 0 Å². The average molecular weight is 341 g/mol. The lowest BCUT2D eigenvalue weighted by molar-refractivity contribution is -0.143. The number of hydrogen-bond donors (Lipinski definition) is 3. The van der Waals surface area contributed by atoms with E-state index in [4.69, 9.17) is 0 Å². The molecule has 0 radical (unpaired) electrons. The Balaban J connectivity index is 1.77. The van der Waals surface area contributed by atoms with Gasteiger partial charge in [-0.25, -0.2) is 4.79 Å². The van der Waals surface area contributed by atoms with Crippen LogP contribution in [0.15, 0.2) is 42.6 Å². The maximum Gasteiger partial charge on any atom is 0.326 e. The summed E-state index contributed by atoms with van der Waals surface area (Å²) in [5.41, 5.74) is 1.26. The Morgan fingerprint density at radius 2 is 2.00 bits per heavy atom. The van der Waals surface area contributed by atoms with Crippen LogP contribution in [0.25, 0.3) is 0 Å². The number of aromatic amines is 1. The van der Waals surface area contributed by atoms with E-state index in [2.05, 4.69) is 10.3 Å². The van der Waals surface area contributed by atoms with Crippen molar-refractivity contribution in [2.24, 2.45) is 0 Å². The smallest absolute Gasteiger partial charge is 0.326 e. The highest BCUT2D eigenvalue weighted by atomic mass is 16.4. The van der Waals surface area contributed by atoms with E-state index in [9.17, 15) is 19.5 Å². The summed E-state index contributed by atoms with van der Waals surface area (Å²) in [6.45, 7) is 0.425. The second kappa shape index (κ2) is 7.21. The third-order valence-electron chi connectivity index (χ3n) is 4.26. The van der Waals surface area contributed by atoms with Crippen LogP contribution in [-0.4, -0.2) is 45.4 Å². The van der Waals surface area contributed by atoms with E-state index < -0.39 is 12.0 Å². The molecule has 1 fully saturated rings. The van der Waals surface area contributed by atoms with Crippen LogP contribution in [0.4, 0.5) is 5.69 Å². The van der Waals surface area contributed by atoms with E-state index in [0.29, 0.717) is 29.9 Å². The molecule has 130 valence electrons. The molecule has 0 saturated carbocycles. The molecule has 7 heteroatoms. The number of carboxylic acids is 1. The quantitative estimate of drug-likeness (QED) is 0.794. The van der Waals surface area contributed by atoms with E-state index >= 15 is 0 Å². The molecule has 1 aromatic heterocycles. The van der Waals surface area contributed by atoms with Gasteiger partial charge in [0.2, 0.25) is 0 Å². The van der Waals surface area contributed by atoms with Crippen LogP contribution in [-0.2, 0) is 4.79 Å². The van der Waals surface area contributed by atoms with Crippen LogP contribution in [0.3, 0.4) is 0 Å². The number of likely N-dealkylation sites (tertiary alicyclic amines) is 1. The fourth-order valence-electron chi connectivity index (χ4n) is 3.00. The van der Waals surface area contributed by atoms with Crippen LogP contribution in [0, 0.1) is 0 Å². The van der Waals surface area contributed by atoms with Crippen molar-refractivity contribution in [2.45, 2.75) is 25.3 Å². The normalized spacial score (nSPS) is 17.1. The number of aromatic nitrogens is 1. The van der Waals surface area contributed by atoms with Gasteiger partial charge >= 0.3 is 5.97 Å². The van der Waals surface area contributed by atoms with Gasteiger partial charge < -0.3 is 20.3 Å². The number of benzene rings is 1. The van der Waals surface area contributed by atoms with Crippen molar-refractivity contribution in [3.8, 4) is 0 Å². The van der Waals surface area contributed by atoms with E-state index in [0.717, 1.165) is 12.8 Å². The van der Waals surface area contributed by atoms with Gasteiger partial charge in [0.15, 0.2) is 0 Å². The predicted molar refractivity (Wildman–Crippen MR) is 91.5 cm³/mol. The fourth-order valence-corrected chi connectivity index (χ4v) is 3.00. The number of rotatable bonds is 4. The van der Waals surface area contributed by atoms with Gasteiger partial charge in [0.25, 0.3) is 11.8 Å². The first-order valence-corrected chi connectivity index (χ1v) is 8.15. The van der Waals surface area contributed by atoms with Gasteiger partial charge in [-0.3, -0.25) is 9.59 Å². The van der Waals surface area contributed by atoms with Crippen LogP contribution in [0.5, 0.6) is 0 Å². The van der Waals surface area contributed by atoms with Crippen molar-refractivity contribution in [3.63, 3.8) is 0 Å². The van der Waals surface area contributed by atoms with Crippen LogP contribution < -0.4 is 5.32 Å². The predicted octanol–water partition coefficient (Wildman–Crippen LogP) is 2.35. The molecule has 0 aliphatic carbocycles. The summed E-state index contributed by atoms with van der Waals surface area (Å²) >= 11 is 0. The van der Waals surface area contributed by atoms with Crippen molar-refractivity contribution in [1.82, 2.24) is 9.88 Å². The number of aliphatic carboxylic acids is 1. The Hall–Kier alpha value is -3.09. The molecule has 1 aromatic carbocycles. The number of amides is 2. The summed E-state index contributed by atoms with van der Waals surface area (Å²) in [6, 6.07) is 9.11. The van der Waals surface area contributed by atoms with Crippen molar-refractivity contribution in [1.29, 1.82) is 0 Å². The third-order valence-corrected chi connectivity index (χ3v) is 4.26. The van der Waals surface area contributed by atoms with Crippen LogP contribution >= 0.6 is 0 Å². The number of piperidine rings is 1. The lowest BCUT2D eigenvalue weighted by atomic mass is 10.0. The topological polar surface area (TPSA) is 102 Å². The van der Waals surface area contributed by atoms with Crippen molar-refractivity contribution in [2.75, 3.05) is 11.9 Å². The van der Waals surface area contributed by atoms with Crippen molar-refractivity contribution < 1.29 is 19.5 Å². The summed E-state index contributed by atoms with van der Waals surface area (Å²) < 4.78 is 0. The summed E-state index contributed by atoms with van der Waals surface area (Å²) in [6.07, 6.45) is 3.70. The molecule has 1 atom stereocenters. The molecule has 2 heterocycles. The Kier molecular flexibility index (Phi) is 4.83. The molecular formula is C18H19N3O4. The van der Waals surface area contributed by atoms with E-state index in [-0.39, 0.29) is 11.8 Å². The van der Waals surface area contributed by atoms with E-state index in [1.54, 1.807) is 42.6 Å². The number of anilines is 1. The maximum absolute atomic E-state index is 12.7. The molecule has 1 saturated heterocycles. The number of carbonyl (C=O) groups excluding carboxylic acids is 2. The molecule has 2 amide bonds. The zero-order valence-electron chi connectivity index (χ0n) is 13.6. The minimum absolute atomic E-state index is 0.309. The Morgan fingerprint density at radius 1 is 1.16 bits per heavy atom. The molecule has 0 bridgehead atoms. The summed E-state index contributed by atoms with van der Waals surface area (Å²) in [4.78, 5) is 40.4. The fraction of sp³-hybridized carbons (Fsp3) is 0.278. The third kappa shape index (κ3) is 3.71. The van der Waals surface area contributed by atoms with Gasteiger partial charge in [-0.1, -0.05) is 6.07 Å². The number of nitrogens with zero attached hydrogens (tertiary/aromatic N) is 1. The van der Waals surface area contributed by atoms with Crippen LogP contribution in [0.1, 0.15) is 40.1 Å². The molecule has 2 aromatic rings. The molecule has 1 unspecified atom stereocenters.